The first kappa shape index (κ1) is 10.9. The molecule has 0 bridgehead atoms. The van der Waals surface area contributed by atoms with Gasteiger partial charge in [-0.3, -0.25) is 4.79 Å². The average molecular weight is 205 g/mol. The summed E-state index contributed by atoms with van der Waals surface area (Å²) in [5.41, 5.74) is 4.41. The lowest BCUT2D eigenvalue weighted by Gasteiger charge is -2.39. The van der Waals surface area contributed by atoms with E-state index in [-0.39, 0.29) is 5.92 Å². The molecule has 2 N–H and O–H groups in total. The molecule has 1 aliphatic rings. The third-order valence-electron chi connectivity index (χ3n) is 2.41. The van der Waals surface area contributed by atoms with E-state index < -0.39 is 17.5 Å². The molecule has 2 nitrogen and oxygen atoms in total. The van der Waals surface area contributed by atoms with Crippen LogP contribution >= 0.6 is 0 Å². The number of amides is 1. The van der Waals surface area contributed by atoms with Crippen LogP contribution in [0.15, 0.2) is 0 Å². The van der Waals surface area contributed by atoms with Crippen molar-refractivity contribution < 1.29 is 18.0 Å². The summed E-state index contributed by atoms with van der Waals surface area (Å²) in [5, 5.41) is 0. The second-order valence-corrected chi connectivity index (χ2v) is 3.80. The summed E-state index contributed by atoms with van der Waals surface area (Å²) in [6.07, 6.45) is -3.80. The average Bonchev–Trinajstić information content (AvgIpc) is 1.93. The van der Waals surface area contributed by atoms with Gasteiger partial charge in [0.2, 0.25) is 5.91 Å². The van der Waals surface area contributed by atoms with Gasteiger partial charge in [0, 0.05) is 17.3 Å². The Balaban J connectivity index is 2.49. The number of nitrogens with two attached hydrogens (primary N) is 1. The third-order valence-corrected chi connectivity index (χ3v) is 2.41. The normalized spacial score (nSPS) is 31.3. The second kappa shape index (κ2) is 3.19. The number of hydrogen-bond acceptors (Lipinski definition) is 1. The van der Waals surface area contributed by atoms with Crippen LogP contribution in [-0.4, -0.2) is 12.1 Å². The zero-order valence-electron chi connectivity index (χ0n) is 7.61. The smallest absolute Gasteiger partial charge is 0.369 e. The molecule has 1 saturated carbocycles. The Hall–Kier alpha value is -1.18. The van der Waals surface area contributed by atoms with Gasteiger partial charge >= 0.3 is 6.18 Å². The molecule has 0 heterocycles. The number of alkyl halides is 3. The van der Waals surface area contributed by atoms with Gasteiger partial charge in [-0.05, 0) is 12.8 Å². The van der Waals surface area contributed by atoms with Gasteiger partial charge in [0.05, 0.1) is 0 Å². The lowest BCUT2D eigenvalue weighted by atomic mass is 9.63. The third kappa shape index (κ3) is 2.41. The SMILES string of the molecule is CC1(C(N)=O)CC(C#CC(F)(F)F)C1. The molecule has 1 amide bonds. The summed E-state index contributed by atoms with van der Waals surface area (Å²) >= 11 is 0. The van der Waals surface area contributed by atoms with Gasteiger partial charge in [0.25, 0.3) is 0 Å². The van der Waals surface area contributed by atoms with Crippen molar-refractivity contribution in [3.63, 3.8) is 0 Å². The van der Waals surface area contributed by atoms with Crippen LogP contribution in [0.5, 0.6) is 0 Å². The molecule has 0 atom stereocenters. The van der Waals surface area contributed by atoms with Gasteiger partial charge in [0.1, 0.15) is 0 Å². The van der Waals surface area contributed by atoms with E-state index in [9.17, 15) is 18.0 Å². The first-order valence-electron chi connectivity index (χ1n) is 4.12. The van der Waals surface area contributed by atoms with Crippen molar-refractivity contribution in [3.05, 3.63) is 0 Å². The monoisotopic (exact) mass is 205 g/mol. The van der Waals surface area contributed by atoms with Crippen LogP contribution in [0, 0.1) is 23.2 Å². The summed E-state index contributed by atoms with van der Waals surface area (Å²) in [6, 6.07) is 0. The van der Waals surface area contributed by atoms with Crippen molar-refractivity contribution in [1.82, 2.24) is 0 Å². The molecule has 5 heteroatoms. The van der Waals surface area contributed by atoms with E-state index in [1.807, 2.05) is 0 Å². The van der Waals surface area contributed by atoms with Gasteiger partial charge in [-0.1, -0.05) is 12.8 Å². The fourth-order valence-electron chi connectivity index (χ4n) is 1.52. The lowest BCUT2D eigenvalue weighted by molar-refractivity contribution is -0.132. The van der Waals surface area contributed by atoms with Gasteiger partial charge < -0.3 is 5.73 Å². The van der Waals surface area contributed by atoms with Gasteiger partial charge in [-0.2, -0.15) is 13.2 Å². The van der Waals surface area contributed by atoms with Crippen LogP contribution in [0.1, 0.15) is 19.8 Å². The number of halogens is 3. The van der Waals surface area contributed by atoms with Crippen molar-refractivity contribution in [3.8, 4) is 11.8 Å². The van der Waals surface area contributed by atoms with E-state index in [1.165, 1.54) is 5.92 Å². The van der Waals surface area contributed by atoms with Crippen molar-refractivity contribution in [1.29, 1.82) is 0 Å². The Bertz CT molecular complexity index is 304. The summed E-state index contributed by atoms with van der Waals surface area (Å²) in [6.45, 7) is 1.64. The molecule has 1 fully saturated rings. The number of carbonyl (C=O) groups excluding carboxylic acids is 1. The Labute approximate surface area is 79.7 Å². The molecule has 78 valence electrons. The highest BCUT2D eigenvalue weighted by Crippen LogP contribution is 2.44. The van der Waals surface area contributed by atoms with E-state index in [4.69, 9.17) is 5.73 Å². The zero-order valence-corrected chi connectivity index (χ0v) is 7.61. The van der Waals surface area contributed by atoms with Gasteiger partial charge in [-0.15, -0.1) is 0 Å². The molecule has 0 aromatic heterocycles. The van der Waals surface area contributed by atoms with E-state index >= 15 is 0 Å². The highest BCUT2D eigenvalue weighted by Gasteiger charge is 2.44. The van der Waals surface area contributed by atoms with Crippen LogP contribution in [0.2, 0.25) is 0 Å². The first-order chi connectivity index (χ1) is 6.23. The molecule has 0 radical (unpaired) electrons. The minimum Gasteiger partial charge on any atom is -0.369 e. The highest BCUT2D eigenvalue weighted by atomic mass is 19.4. The Kier molecular flexibility index (Phi) is 2.49. The van der Waals surface area contributed by atoms with Crippen molar-refractivity contribution >= 4 is 5.91 Å². The molecule has 0 unspecified atom stereocenters. The largest absolute Gasteiger partial charge is 0.457 e. The Morgan fingerprint density at radius 3 is 2.36 bits per heavy atom. The maximum Gasteiger partial charge on any atom is 0.457 e. The number of carbonyl (C=O) groups is 1. The molecule has 14 heavy (non-hydrogen) atoms. The summed E-state index contributed by atoms with van der Waals surface area (Å²) in [4.78, 5) is 10.8. The predicted octanol–water partition coefficient (Wildman–Crippen LogP) is 1.45. The fraction of sp³-hybridized carbons (Fsp3) is 0.667. The summed E-state index contributed by atoms with van der Waals surface area (Å²) < 4.78 is 35.0. The quantitative estimate of drug-likeness (QED) is 0.647. The number of hydrogen-bond donors (Lipinski definition) is 1. The number of rotatable bonds is 1. The first-order valence-corrected chi connectivity index (χ1v) is 4.12. The molecule has 0 aromatic carbocycles. The van der Waals surface area contributed by atoms with Crippen LogP contribution in [0.4, 0.5) is 13.2 Å². The zero-order chi connectivity index (χ0) is 11.0. The van der Waals surface area contributed by atoms with E-state index in [2.05, 4.69) is 5.92 Å². The predicted molar refractivity (Wildman–Crippen MR) is 43.9 cm³/mol. The van der Waals surface area contributed by atoms with Gasteiger partial charge in [-0.25, -0.2) is 0 Å². The van der Waals surface area contributed by atoms with Gasteiger partial charge in [0.15, 0.2) is 0 Å². The Morgan fingerprint density at radius 1 is 1.50 bits per heavy atom. The van der Waals surface area contributed by atoms with Crippen molar-refractivity contribution in [2.24, 2.45) is 17.1 Å². The molecule has 0 spiro atoms. The van der Waals surface area contributed by atoms with Crippen LogP contribution in [-0.2, 0) is 4.79 Å². The molecule has 1 rings (SSSR count). The Morgan fingerprint density at radius 2 is 2.00 bits per heavy atom. The lowest BCUT2D eigenvalue weighted by Crippen LogP contribution is -2.44. The maximum atomic E-state index is 11.7. The number of primary amides is 1. The van der Waals surface area contributed by atoms with Crippen LogP contribution in [0.3, 0.4) is 0 Å². The molecular weight excluding hydrogens is 195 g/mol. The van der Waals surface area contributed by atoms with Crippen molar-refractivity contribution in [2.45, 2.75) is 25.9 Å². The maximum absolute atomic E-state index is 11.7. The minimum absolute atomic E-state index is 0.325. The molecule has 0 aliphatic heterocycles. The molecular formula is C9H10F3NO. The summed E-state index contributed by atoms with van der Waals surface area (Å²) in [7, 11) is 0. The molecule has 0 saturated heterocycles. The molecule has 0 aromatic rings. The van der Waals surface area contributed by atoms with Crippen molar-refractivity contribution in [2.75, 3.05) is 0 Å². The minimum atomic E-state index is -4.45. The molecule has 1 aliphatic carbocycles. The second-order valence-electron chi connectivity index (χ2n) is 3.80. The topological polar surface area (TPSA) is 43.1 Å². The van der Waals surface area contributed by atoms with Crippen LogP contribution < -0.4 is 5.73 Å². The van der Waals surface area contributed by atoms with Crippen LogP contribution in [0.25, 0.3) is 0 Å². The van der Waals surface area contributed by atoms with E-state index in [1.54, 1.807) is 6.92 Å². The fourth-order valence-corrected chi connectivity index (χ4v) is 1.52. The summed E-state index contributed by atoms with van der Waals surface area (Å²) in [5.74, 6) is 2.46. The van der Waals surface area contributed by atoms with E-state index in [0.717, 1.165) is 0 Å². The highest BCUT2D eigenvalue weighted by molar-refractivity contribution is 5.81. The van der Waals surface area contributed by atoms with E-state index in [0.29, 0.717) is 12.8 Å². The standard InChI is InChI=1S/C9H10F3NO/c1-8(7(13)14)4-6(5-8)2-3-9(10,11)12/h6H,4-5H2,1H3,(H2,13,14).